The second-order valence-electron chi connectivity index (χ2n) is 10.0. The monoisotopic (exact) mass is 407 g/mol. The molecule has 2 aromatic carbocycles. The molecule has 0 bridgehead atoms. The third-order valence-electron chi connectivity index (χ3n) is 6.76. The van der Waals surface area contributed by atoms with Gasteiger partial charge in [-0.25, -0.2) is 4.79 Å². The van der Waals surface area contributed by atoms with Crippen LogP contribution in [0.5, 0.6) is 0 Å². The quantitative estimate of drug-likeness (QED) is 0.800. The molecule has 0 radical (unpaired) electrons. The van der Waals surface area contributed by atoms with Crippen LogP contribution in [0.25, 0.3) is 0 Å². The number of quaternary nitrogens is 1. The molecule has 0 aromatic heterocycles. The zero-order valence-corrected chi connectivity index (χ0v) is 18.7. The lowest BCUT2D eigenvalue weighted by atomic mass is 9.73. The third kappa shape index (κ3) is 4.24. The fraction of sp³-hybridized carbons (Fsp3) is 0.500. The van der Waals surface area contributed by atoms with Crippen molar-refractivity contribution in [3.63, 3.8) is 0 Å². The average molecular weight is 408 g/mol. The number of nitrogens with zero attached hydrogens (tertiary/aromatic N) is 1. The van der Waals surface area contributed by atoms with Crippen LogP contribution in [0.2, 0.25) is 0 Å². The summed E-state index contributed by atoms with van der Waals surface area (Å²) in [6, 6.07) is 20.6. The number of ether oxygens (including phenoxy) is 1. The van der Waals surface area contributed by atoms with E-state index >= 15 is 0 Å². The summed E-state index contributed by atoms with van der Waals surface area (Å²) in [4.78, 5) is 14.4. The highest BCUT2D eigenvalue weighted by atomic mass is 16.6. The van der Waals surface area contributed by atoms with Gasteiger partial charge in [-0.15, -0.1) is 0 Å². The number of nitrogens with two attached hydrogens (primary N) is 1. The molecular formula is C26H35N2O2+. The van der Waals surface area contributed by atoms with E-state index in [2.05, 4.69) is 66.8 Å². The smallest absolute Gasteiger partial charge is 0.410 e. The largest absolute Gasteiger partial charge is 0.444 e. The maximum absolute atomic E-state index is 12.5. The number of fused-ring (bicyclic) bond motifs is 2. The normalized spacial score (nSPS) is 21.3. The van der Waals surface area contributed by atoms with Crippen LogP contribution in [0.4, 0.5) is 4.79 Å². The van der Waals surface area contributed by atoms with Crippen molar-refractivity contribution in [1.82, 2.24) is 4.90 Å². The topological polar surface area (TPSA) is 46.2 Å². The van der Waals surface area contributed by atoms with Crippen molar-refractivity contribution in [2.24, 2.45) is 0 Å². The molecule has 30 heavy (non-hydrogen) atoms. The van der Waals surface area contributed by atoms with E-state index in [0.29, 0.717) is 12.1 Å². The first-order chi connectivity index (χ1) is 14.3. The van der Waals surface area contributed by atoms with Crippen LogP contribution >= 0.6 is 0 Å². The summed E-state index contributed by atoms with van der Waals surface area (Å²) in [5, 5.41) is 2.53. The van der Waals surface area contributed by atoms with Crippen molar-refractivity contribution in [2.45, 2.75) is 70.1 Å². The first kappa shape index (κ1) is 20.9. The summed E-state index contributed by atoms with van der Waals surface area (Å²) < 4.78 is 5.60. The maximum Gasteiger partial charge on any atom is 0.410 e. The molecule has 1 amide bonds. The molecule has 2 atom stereocenters. The molecule has 160 valence electrons. The number of hydrogen-bond donors (Lipinski definition) is 1. The van der Waals surface area contributed by atoms with Crippen LogP contribution in [0.1, 0.15) is 75.7 Å². The van der Waals surface area contributed by atoms with Gasteiger partial charge in [0.15, 0.2) is 0 Å². The molecule has 1 aliphatic carbocycles. The molecule has 1 aliphatic heterocycles. The number of carbonyl (C=O) groups is 1. The number of likely N-dealkylation sites (tertiary alicyclic amines) is 1. The van der Waals surface area contributed by atoms with Gasteiger partial charge in [0.25, 0.3) is 0 Å². The van der Waals surface area contributed by atoms with Crippen molar-refractivity contribution < 1.29 is 14.8 Å². The Kier molecular flexibility index (Phi) is 5.63. The second-order valence-corrected chi connectivity index (χ2v) is 10.0. The van der Waals surface area contributed by atoms with E-state index in [9.17, 15) is 4.79 Å². The number of piperidine rings is 1. The Morgan fingerprint density at radius 2 is 1.70 bits per heavy atom. The Balaban J connectivity index is 1.49. The molecule has 4 nitrogen and oxygen atoms in total. The lowest BCUT2D eigenvalue weighted by Gasteiger charge is -2.40. The molecule has 1 unspecified atom stereocenters. The summed E-state index contributed by atoms with van der Waals surface area (Å²) in [5.74, 6) is 0. The minimum atomic E-state index is -0.445. The zero-order valence-electron chi connectivity index (χ0n) is 18.7. The van der Waals surface area contributed by atoms with Crippen LogP contribution in [0.3, 0.4) is 0 Å². The Bertz CT molecular complexity index is 879. The van der Waals surface area contributed by atoms with Gasteiger partial charge in [-0.1, -0.05) is 54.6 Å². The number of rotatable bonds is 3. The molecule has 2 aliphatic rings. The van der Waals surface area contributed by atoms with E-state index in [-0.39, 0.29) is 11.5 Å². The van der Waals surface area contributed by atoms with Crippen molar-refractivity contribution >= 4 is 6.09 Å². The Morgan fingerprint density at radius 1 is 1.07 bits per heavy atom. The van der Waals surface area contributed by atoms with Gasteiger partial charge in [-0.05, 0) is 46.1 Å². The Labute approximate surface area is 180 Å². The lowest BCUT2D eigenvalue weighted by Crippen LogP contribution is -2.85. The van der Waals surface area contributed by atoms with E-state index in [1.54, 1.807) is 0 Å². The molecule has 0 saturated carbocycles. The third-order valence-corrected chi connectivity index (χ3v) is 6.76. The van der Waals surface area contributed by atoms with Crippen molar-refractivity contribution in [1.29, 1.82) is 0 Å². The highest BCUT2D eigenvalue weighted by molar-refractivity contribution is 5.68. The fourth-order valence-electron chi connectivity index (χ4n) is 5.25. The number of amides is 1. The maximum atomic E-state index is 12.5. The number of benzene rings is 2. The first-order valence-corrected chi connectivity index (χ1v) is 11.2. The second kappa shape index (κ2) is 8.07. The van der Waals surface area contributed by atoms with Gasteiger partial charge >= 0.3 is 6.09 Å². The van der Waals surface area contributed by atoms with Gasteiger partial charge in [-0.3, -0.25) is 0 Å². The summed E-state index contributed by atoms with van der Waals surface area (Å²) in [5.41, 5.74) is 4.07. The van der Waals surface area contributed by atoms with Gasteiger partial charge in [0.2, 0.25) is 0 Å². The average Bonchev–Trinajstić information content (AvgIpc) is 3.01. The van der Waals surface area contributed by atoms with Crippen LogP contribution in [0.15, 0.2) is 54.6 Å². The number of carbonyl (C=O) groups excluding carboxylic acids is 1. The highest BCUT2D eigenvalue weighted by Crippen LogP contribution is 2.49. The van der Waals surface area contributed by atoms with E-state index < -0.39 is 5.60 Å². The van der Waals surface area contributed by atoms with Crippen LogP contribution in [-0.4, -0.2) is 29.7 Å². The van der Waals surface area contributed by atoms with Crippen LogP contribution in [0, 0.1) is 0 Å². The first-order valence-electron chi connectivity index (χ1n) is 11.2. The van der Waals surface area contributed by atoms with Crippen molar-refractivity contribution in [3.8, 4) is 0 Å². The minimum Gasteiger partial charge on any atom is -0.444 e. The van der Waals surface area contributed by atoms with Crippen molar-refractivity contribution in [3.05, 3.63) is 71.3 Å². The predicted molar refractivity (Wildman–Crippen MR) is 119 cm³/mol. The van der Waals surface area contributed by atoms with E-state index in [4.69, 9.17) is 4.74 Å². The molecule has 1 heterocycles. The van der Waals surface area contributed by atoms with Crippen molar-refractivity contribution in [2.75, 3.05) is 13.1 Å². The fourth-order valence-corrected chi connectivity index (χ4v) is 5.25. The molecular weight excluding hydrogens is 372 g/mol. The molecule has 4 rings (SSSR count). The van der Waals surface area contributed by atoms with Gasteiger partial charge in [0, 0.05) is 36.1 Å². The van der Waals surface area contributed by atoms with Gasteiger partial charge in [0.1, 0.15) is 17.7 Å². The summed E-state index contributed by atoms with van der Waals surface area (Å²) in [6.07, 6.45) is 2.98. The van der Waals surface area contributed by atoms with Gasteiger partial charge in [-0.2, -0.15) is 0 Å². The Hall–Kier alpha value is -2.33. The molecule has 1 saturated heterocycles. The van der Waals surface area contributed by atoms with E-state index in [0.717, 1.165) is 32.4 Å². The minimum absolute atomic E-state index is 0.173. The zero-order chi connectivity index (χ0) is 21.4. The predicted octanol–water partition coefficient (Wildman–Crippen LogP) is 4.72. The molecule has 2 N–H and O–H groups in total. The van der Waals surface area contributed by atoms with E-state index in [1.165, 1.54) is 16.7 Å². The summed E-state index contributed by atoms with van der Waals surface area (Å²) in [7, 11) is 0. The highest BCUT2D eigenvalue weighted by Gasteiger charge is 2.48. The van der Waals surface area contributed by atoms with Gasteiger partial charge in [0.05, 0.1) is 0 Å². The number of hydrogen-bond acceptors (Lipinski definition) is 2. The molecule has 4 heteroatoms. The SMILES string of the molecule is CC([NH2+][C@H]1CC2(CCN(C(=O)OC(C)(C)C)CC2)c2ccccc21)c1ccccc1. The molecule has 2 aromatic rings. The van der Waals surface area contributed by atoms with Gasteiger partial charge < -0.3 is 15.0 Å². The van der Waals surface area contributed by atoms with E-state index in [1.807, 2.05) is 25.7 Å². The summed E-state index contributed by atoms with van der Waals surface area (Å²) in [6.45, 7) is 9.62. The standard InChI is InChI=1S/C26H34N2O2/c1-19(20-10-6-5-7-11-20)27-23-18-26(22-13-9-8-12-21(22)23)14-16-28(17-15-26)24(29)30-25(2,3)4/h5-13,19,23,27H,14-18H2,1-4H3/p+1/t19?,23-/m0/s1. The molecule has 1 fully saturated rings. The van der Waals surface area contributed by atoms with Crippen LogP contribution in [-0.2, 0) is 10.2 Å². The summed E-state index contributed by atoms with van der Waals surface area (Å²) >= 11 is 0. The lowest BCUT2D eigenvalue weighted by molar-refractivity contribution is -0.731. The molecule has 1 spiro atoms. The van der Waals surface area contributed by atoms with Crippen LogP contribution < -0.4 is 5.32 Å². The Morgan fingerprint density at radius 3 is 2.37 bits per heavy atom.